The Kier molecular flexibility index (Phi) is 4.29. The van der Waals surface area contributed by atoms with Crippen molar-refractivity contribution in [3.8, 4) is 11.5 Å². The highest BCUT2D eigenvalue weighted by molar-refractivity contribution is 9.10. The topological polar surface area (TPSA) is 56.3 Å². The van der Waals surface area contributed by atoms with E-state index in [4.69, 9.17) is 9.47 Å². The fourth-order valence-electron chi connectivity index (χ4n) is 2.21. The third kappa shape index (κ3) is 3.05. The van der Waals surface area contributed by atoms with Crippen molar-refractivity contribution in [3.63, 3.8) is 0 Å². The molecule has 23 heavy (non-hydrogen) atoms. The fourth-order valence-corrected chi connectivity index (χ4v) is 2.76. The summed E-state index contributed by atoms with van der Waals surface area (Å²) in [6.07, 6.45) is 1.43. The second-order valence-corrected chi connectivity index (χ2v) is 5.50. The Labute approximate surface area is 140 Å². The molecule has 0 aliphatic carbocycles. The number of hydrogen-bond acceptors (Lipinski definition) is 5. The van der Waals surface area contributed by atoms with E-state index >= 15 is 0 Å². The van der Waals surface area contributed by atoms with Crippen molar-refractivity contribution in [1.82, 2.24) is 9.97 Å². The predicted molar refractivity (Wildman–Crippen MR) is 90.0 cm³/mol. The van der Waals surface area contributed by atoms with Crippen molar-refractivity contribution in [1.29, 1.82) is 0 Å². The number of aromatic nitrogens is 2. The number of halogens is 2. The molecule has 2 aromatic carbocycles. The molecule has 1 N–H and O–H groups in total. The van der Waals surface area contributed by atoms with E-state index in [1.165, 1.54) is 18.5 Å². The Morgan fingerprint density at radius 2 is 1.74 bits per heavy atom. The van der Waals surface area contributed by atoms with Crippen molar-refractivity contribution >= 4 is 38.3 Å². The monoisotopic (exact) mass is 377 g/mol. The van der Waals surface area contributed by atoms with Gasteiger partial charge in [0.15, 0.2) is 0 Å². The number of anilines is 2. The van der Waals surface area contributed by atoms with Gasteiger partial charge in [-0.1, -0.05) is 0 Å². The number of rotatable bonds is 4. The smallest absolute Gasteiger partial charge is 0.141 e. The Morgan fingerprint density at radius 3 is 2.39 bits per heavy atom. The minimum absolute atomic E-state index is 0.346. The molecule has 1 heterocycles. The zero-order chi connectivity index (χ0) is 16.4. The fraction of sp³-hybridized carbons (Fsp3) is 0.125. The summed E-state index contributed by atoms with van der Waals surface area (Å²) in [7, 11) is 3.14. The lowest BCUT2D eigenvalue weighted by Gasteiger charge is -2.13. The molecule has 0 saturated carbocycles. The number of hydrogen-bond donors (Lipinski definition) is 1. The number of fused-ring (bicyclic) bond motifs is 1. The SMILES string of the molecule is COc1cc(Nc2ncnc3ccc(F)cc23)cc(OC)c1Br. The van der Waals surface area contributed by atoms with Crippen LogP contribution in [0, 0.1) is 5.82 Å². The van der Waals surface area contributed by atoms with Crippen LogP contribution in [0.2, 0.25) is 0 Å². The van der Waals surface area contributed by atoms with Crippen LogP contribution in [0.3, 0.4) is 0 Å². The first-order chi connectivity index (χ1) is 11.1. The molecule has 5 nitrogen and oxygen atoms in total. The molecule has 7 heteroatoms. The Morgan fingerprint density at radius 1 is 1.04 bits per heavy atom. The van der Waals surface area contributed by atoms with Gasteiger partial charge in [-0.05, 0) is 34.1 Å². The lowest BCUT2D eigenvalue weighted by atomic mass is 10.2. The van der Waals surface area contributed by atoms with Crippen LogP contribution in [0.1, 0.15) is 0 Å². The lowest BCUT2D eigenvalue weighted by molar-refractivity contribution is 0.390. The number of nitrogens with one attached hydrogen (secondary N) is 1. The zero-order valence-corrected chi connectivity index (χ0v) is 14.0. The summed E-state index contributed by atoms with van der Waals surface area (Å²) >= 11 is 3.42. The van der Waals surface area contributed by atoms with Gasteiger partial charge in [0.1, 0.15) is 33.9 Å². The minimum atomic E-state index is -0.346. The van der Waals surface area contributed by atoms with Gasteiger partial charge in [-0.25, -0.2) is 14.4 Å². The second-order valence-electron chi connectivity index (χ2n) is 4.70. The third-order valence-electron chi connectivity index (χ3n) is 3.31. The van der Waals surface area contributed by atoms with Crippen molar-refractivity contribution in [3.05, 3.63) is 46.9 Å². The second kappa shape index (κ2) is 6.37. The van der Waals surface area contributed by atoms with Crippen LogP contribution >= 0.6 is 15.9 Å². The average Bonchev–Trinajstić information content (AvgIpc) is 2.56. The number of ether oxygens (including phenoxy) is 2. The summed E-state index contributed by atoms with van der Waals surface area (Å²) in [5.74, 6) is 1.37. The summed E-state index contributed by atoms with van der Waals surface area (Å²) in [5.41, 5.74) is 1.35. The molecule has 0 aliphatic rings. The van der Waals surface area contributed by atoms with Crippen molar-refractivity contribution in [2.75, 3.05) is 19.5 Å². The van der Waals surface area contributed by atoms with Gasteiger partial charge < -0.3 is 14.8 Å². The summed E-state index contributed by atoms with van der Waals surface area (Å²) in [6, 6.07) is 7.95. The van der Waals surface area contributed by atoms with Gasteiger partial charge in [-0.2, -0.15) is 0 Å². The number of methoxy groups -OCH3 is 2. The normalized spacial score (nSPS) is 10.6. The van der Waals surface area contributed by atoms with E-state index in [1.54, 1.807) is 32.4 Å². The summed E-state index contributed by atoms with van der Waals surface area (Å²) in [6.45, 7) is 0. The highest BCUT2D eigenvalue weighted by Crippen LogP contribution is 2.38. The highest BCUT2D eigenvalue weighted by atomic mass is 79.9. The summed E-state index contributed by atoms with van der Waals surface area (Å²) in [4.78, 5) is 8.33. The van der Waals surface area contributed by atoms with Crippen molar-refractivity contribution in [2.45, 2.75) is 0 Å². The van der Waals surface area contributed by atoms with E-state index in [0.29, 0.717) is 38.4 Å². The van der Waals surface area contributed by atoms with Crippen LogP contribution in [-0.4, -0.2) is 24.2 Å². The van der Waals surface area contributed by atoms with E-state index in [0.717, 1.165) is 0 Å². The quantitative estimate of drug-likeness (QED) is 0.734. The van der Waals surface area contributed by atoms with Crippen LogP contribution in [-0.2, 0) is 0 Å². The van der Waals surface area contributed by atoms with E-state index in [-0.39, 0.29) is 5.82 Å². The standard InChI is InChI=1S/C16H13BrFN3O2/c1-22-13-6-10(7-14(23-2)15(13)17)21-16-11-5-9(18)3-4-12(11)19-8-20-16/h3-8H,1-2H3,(H,19,20,21). The first-order valence-electron chi connectivity index (χ1n) is 6.71. The van der Waals surface area contributed by atoms with Gasteiger partial charge in [-0.15, -0.1) is 0 Å². The van der Waals surface area contributed by atoms with Crippen molar-refractivity contribution in [2.24, 2.45) is 0 Å². The number of benzene rings is 2. The molecule has 118 valence electrons. The maximum absolute atomic E-state index is 13.5. The van der Waals surface area contributed by atoms with Gasteiger partial charge in [0.25, 0.3) is 0 Å². The highest BCUT2D eigenvalue weighted by Gasteiger charge is 2.12. The Balaban J connectivity index is 2.07. The predicted octanol–water partition coefficient (Wildman–Crippen LogP) is 4.29. The first-order valence-corrected chi connectivity index (χ1v) is 7.50. The molecule has 0 spiro atoms. The van der Waals surface area contributed by atoms with Gasteiger partial charge in [-0.3, -0.25) is 0 Å². The molecule has 0 saturated heterocycles. The van der Waals surface area contributed by atoms with Gasteiger partial charge in [0, 0.05) is 23.2 Å². The summed E-state index contributed by atoms with van der Waals surface area (Å²) < 4.78 is 24.9. The van der Waals surface area contributed by atoms with Crippen LogP contribution in [0.4, 0.5) is 15.9 Å². The first kappa shape index (κ1) is 15.5. The zero-order valence-electron chi connectivity index (χ0n) is 12.4. The molecule has 3 aromatic rings. The molecule has 0 radical (unpaired) electrons. The molecule has 0 unspecified atom stereocenters. The molecule has 1 aromatic heterocycles. The third-order valence-corrected chi connectivity index (χ3v) is 4.09. The number of nitrogens with zero attached hydrogens (tertiary/aromatic N) is 2. The van der Waals surface area contributed by atoms with Crippen molar-refractivity contribution < 1.29 is 13.9 Å². The average molecular weight is 378 g/mol. The van der Waals surface area contributed by atoms with Gasteiger partial charge >= 0.3 is 0 Å². The summed E-state index contributed by atoms with van der Waals surface area (Å²) in [5, 5.41) is 3.74. The van der Waals surface area contributed by atoms with Crippen LogP contribution in [0.15, 0.2) is 41.1 Å². The maximum Gasteiger partial charge on any atom is 0.141 e. The molecule has 0 amide bonds. The molecule has 0 aliphatic heterocycles. The lowest BCUT2D eigenvalue weighted by Crippen LogP contribution is -1.98. The maximum atomic E-state index is 13.5. The molecule has 0 fully saturated rings. The Bertz CT molecular complexity index is 848. The van der Waals surface area contributed by atoms with Gasteiger partial charge in [0.2, 0.25) is 0 Å². The van der Waals surface area contributed by atoms with Gasteiger partial charge in [0.05, 0.1) is 19.7 Å². The van der Waals surface area contributed by atoms with E-state index in [2.05, 4.69) is 31.2 Å². The van der Waals surface area contributed by atoms with E-state index in [1.807, 2.05) is 0 Å². The molecule has 0 atom stereocenters. The van der Waals surface area contributed by atoms with E-state index < -0.39 is 0 Å². The molecular formula is C16H13BrFN3O2. The largest absolute Gasteiger partial charge is 0.495 e. The van der Waals surface area contributed by atoms with Crippen LogP contribution in [0.25, 0.3) is 10.9 Å². The molecule has 3 rings (SSSR count). The van der Waals surface area contributed by atoms with Crippen LogP contribution < -0.4 is 14.8 Å². The minimum Gasteiger partial charge on any atom is -0.495 e. The molecular weight excluding hydrogens is 365 g/mol. The molecule has 0 bridgehead atoms. The van der Waals surface area contributed by atoms with E-state index in [9.17, 15) is 4.39 Å². The Hall–Kier alpha value is -2.41. The van der Waals surface area contributed by atoms with Crippen LogP contribution in [0.5, 0.6) is 11.5 Å².